The molecule has 0 spiro atoms. The number of rotatable bonds is 5. The zero-order valence-electron chi connectivity index (χ0n) is 12.2. The Labute approximate surface area is 129 Å². The second kappa shape index (κ2) is 7.14. The highest BCUT2D eigenvalue weighted by Gasteiger charge is 2.08. The lowest BCUT2D eigenvalue weighted by molar-refractivity contribution is -0.139. The van der Waals surface area contributed by atoms with Crippen LogP contribution in [0.3, 0.4) is 0 Å². The SMILES string of the molecule is COC(=O)Cc1ccccc1CNc1cc(C)ccc1Cl. The quantitative estimate of drug-likeness (QED) is 0.849. The van der Waals surface area contributed by atoms with E-state index in [4.69, 9.17) is 16.3 Å². The van der Waals surface area contributed by atoms with Crippen molar-refractivity contribution in [2.24, 2.45) is 0 Å². The van der Waals surface area contributed by atoms with Gasteiger partial charge in [0, 0.05) is 6.54 Å². The standard InChI is InChI=1S/C17H18ClNO2/c1-12-7-8-15(18)16(9-12)19-11-14-6-4-3-5-13(14)10-17(20)21-2/h3-9,19H,10-11H2,1-2H3. The molecule has 0 fully saturated rings. The average molecular weight is 304 g/mol. The molecule has 0 bridgehead atoms. The van der Waals surface area contributed by atoms with Crippen molar-refractivity contribution in [1.82, 2.24) is 0 Å². The van der Waals surface area contributed by atoms with Crippen molar-refractivity contribution in [2.45, 2.75) is 19.9 Å². The molecule has 1 N–H and O–H groups in total. The van der Waals surface area contributed by atoms with Gasteiger partial charge in [0.15, 0.2) is 0 Å². The zero-order valence-corrected chi connectivity index (χ0v) is 12.9. The first-order chi connectivity index (χ1) is 10.1. The molecule has 0 heterocycles. The Morgan fingerprint density at radius 3 is 2.62 bits per heavy atom. The molecule has 21 heavy (non-hydrogen) atoms. The molecule has 4 heteroatoms. The van der Waals surface area contributed by atoms with Crippen molar-refractivity contribution in [2.75, 3.05) is 12.4 Å². The average Bonchev–Trinajstić information content (AvgIpc) is 2.49. The van der Waals surface area contributed by atoms with Crippen molar-refractivity contribution in [3.63, 3.8) is 0 Å². The summed E-state index contributed by atoms with van der Waals surface area (Å²) in [5.41, 5.74) is 4.05. The maximum atomic E-state index is 11.4. The molecule has 0 amide bonds. The second-order valence-corrected chi connectivity index (χ2v) is 5.27. The van der Waals surface area contributed by atoms with Gasteiger partial charge in [0.25, 0.3) is 0 Å². The second-order valence-electron chi connectivity index (χ2n) is 4.86. The number of benzene rings is 2. The van der Waals surface area contributed by atoms with Gasteiger partial charge in [-0.05, 0) is 35.7 Å². The molecule has 2 aromatic carbocycles. The fourth-order valence-electron chi connectivity index (χ4n) is 2.10. The van der Waals surface area contributed by atoms with Gasteiger partial charge in [-0.15, -0.1) is 0 Å². The van der Waals surface area contributed by atoms with Crippen LogP contribution >= 0.6 is 11.6 Å². The van der Waals surface area contributed by atoms with Crippen LogP contribution in [0.25, 0.3) is 0 Å². The lowest BCUT2D eigenvalue weighted by Crippen LogP contribution is -2.09. The Balaban J connectivity index is 2.13. The van der Waals surface area contributed by atoms with E-state index in [-0.39, 0.29) is 12.4 Å². The van der Waals surface area contributed by atoms with Gasteiger partial charge in [-0.25, -0.2) is 0 Å². The number of halogens is 1. The molecule has 0 atom stereocenters. The number of carbonyl (C=O) groups excluding carboxylic acids is 1. The predicted molar refractivity (Wildman–Crippen MR) is 85.7 cm³/mol. The van der Waals surface area contributed by atoms with Crippen molar-refractivity contribution >= 4 is 23.3 Å². The molecule has 0 aliphatic heterocycles. The van der Waals surface area contributed by atoms with E-state index in [1.807, 2.05) is 49.4 Å². The number of ether oxygens (including phenoxy) is 1. The van der Waals surface area contributed by atoms with Crippen LogP contribution in [-0.4, -0.2) is 13.1 Å². The fourth-order valence-corrected chi connectivity index (χ4v) is 2.28. The van der Waals surface area contributed by atoms with Gasteiger partial charge in [0.2, 0.25) is 0 Å². The third-order valence-electron chi connectivity index (χ3n) is 3.27. The Morgan fingerprint density at radius 2 is 1.90 bits per heavy atom. The largest absolute Gasteiger partial charge is 0.469 e. The first-order valence-electron chi connectivity index (χ1n) is 6.74. The number of nitrogens with one attached hydrogen (secondary N) is 1. The van der Waals surface area contributed by atoms with Crippen LogP contribution in [-0.2, 0) is 22.5 Å². The van der Waals surface area contributed by atoms with E-state index >= 15 is 0 Å². The van der Waals surface area contributed by atoms with E-state index in [2.05, 4.69) is 5.32 Å². The lowest BCUT2D eigenvalue weighted by atomic mass is 10.0. The van der Waals surface area contributed by atoms with Gasteiger partial charge in [0.1, 0.15) is 0 Å². The monoisotopic (exact) mass is 303 g/mol. The zero-order chi connectivity index (χ0) is 15.2. The Kier molecular flexibility index (Phi) is 5.23. The van der Waals surface area contributed by atoms with Gasteiger partial charge < -0.3 is 10.1 Å². The van der Waals surface area contributed by atoms with Crippen LogP contribution < -0.4 is 5.32 Å². The summed E-state index contributed by atoms with van der Waals surface area (Å²) in [5.74, 6) is -0.240. The first-order valence-corrected chi connectivity index (χ1v) is 7.11. The Bertz CT molecular complexity index is 640. The van der Waals surface area contributed by atoms with Crippen LogP contribution in [0.15, 0.2) is 42.5 Å². The summed E-state index contributed by atoms with van der Waals surface area (Å²) in [5, 5.41) is 4.00. The van der Waals surface area contributed by atoms with E-state index in [1.165, 1.54) is 7.11 Å². The maximum absolute atomic E-state index is 11.4. The van der Waals surface area contributed by atoms with E-state index in [0.717, 1.165) is 22.4 Å². The number of carbonyl (C=O) groups is 1. The van der Waals surface area contributed by atoms with E-state index in [9.17, 15) is 4.79 Å². The van der Waals surface area contributed by atoms with Gasteiger partial charge in [-0.3, -0.25) is 4.79 Å². The van der Waals surface area contributed by atoms with Crippen molar-refractivity contribution in [3.8, 4) is 0 Å². The highest BCUT2D eigenvalue weighted by Crippen LogP contribution is 2.23. The minimum Gasteiger partial charge on any atom is -0.469 e. The molecule has 2 rings (SSSR count). The highest BCUT2D eigenvalue weighted by molar-refractivity contribution is 6.33. The van der Waals surface area contributed by atoms with Crippen LogP contribution in [0, 0.1) is 6.92 Å². The number of hydrogen-bond acceptors (Lipinski definition) is 3. The number of methoxy groups -OCH3 is 1. The summed E-state index contributed by atoms with van der Waals surface area (Å²) >= 11 is 6.17. The fraction of sp³-hybridized carbons (Fsp3) is 0.235. The van der Waals surface area contributed by atoms with E-state index < -0.39 is 0 Å². The molecule has 2 aromatic rings. The molecule has 0 aromatic heterocycles. The van der Waals surface area contributed by atoms with Crippen molar-refractivity contribution < 1.29 is 9.53 Å². The molecule has 0 aliphatic rings. The Morgan fingerprint density at radius 1 is 1.19 bits per heavy atom. The molecule has 0 radical (unpaired) electrons. The van der Waals surface area contributed by atoms with Crippen LogP contribution in [0.4, 0.5) is 5.69 Å². The summed E-state index contributed by atoms with van der Waals surface area (Å²) in [6.45, 7) is 2.63. The van der Waals surface area contributed by atoms with Gasteiger partial charge in [-0.1, -0.05) is 41.9 Å². The predicted octanol–water partition coefficient (Wildman–Crippen LogP) is 3.98. The third-order valence-corrected chi connectivity index (χ3v) is 3.60. The lowest BCUT2D eigenvalue weighted by Gasteiger charge is -2.12. The summed E-state index contributed by atoms with van der Waals surface area (Å²) in [6, 6.07) is 13.7. The molecule has 110 valence electrons. The number of anilines is 1. The highest BCUT2D eigenvalue weighted by atomic mass is 35.5. The minimum atomic E-state index is -0.240. The minimum absolute atomic E-state index is 0.240. The van der Waals surface area contributed by atoms with Crippen LogP contribution in [0.2, 0.25) is 5.02 Å². The van der Waals surface area contributed by atoms with Gasteiger partial charge >= 0.3 is 5.97 Å². The molecular weight excluding hydrogens is 286 g/mol. The van der Waals surface area contributed by atoms with Crippen LogP contribution in [0.1, 0.15) is 16.7 Å². The van der Waals surface area contributed by atoms with Gasteiger partial charge in [0.05, 0.1) is 24.2 Å². The number of hydrogen-bond donors (Lipinski definition) is 1. The van der Waals surface area contributed by atoms with E-state index in [1.54, 1.807) is 0 Å². The third kappa shape index (κ3) is 4.23. The normalized spacial score (nSPS) is 10.2. The molecule has 0 saturated carbocycles. The molecule has 0 aliphatic carbocycles. The molecule has 0 unspecified atom stereocenters. The molecule has 0 saturated heterocycles. The summed E-state index contributed by atoms with van der Waals surface area (Å²) in [6.07, 6.45) is 0.274. The molecular formula is C17H18ClNO2. The first kappa shape index (κ1) is 15.4. The van der Waals surface area contributed by atoms with Crippen molar-refractivity contribution in [1.29, 1.82) is 0 Å². The smallest absolute Gasteiger partial charge is 0.309 e. The van der Waals surface area contributed by atoms with Crippen molar-refractivity contribution in [3.05, 3.63) is 64.2 Å². The topological polar surface area (TPSA) is 38.3 Å². The molecule has 3 nitrogen and oxygen atoms in total. The van der Waals surface area contributed by atoms with Crippen LogP contribution in [0.5, 0.6) is 0 Å². The Hall–Kier alpha value is -2.00. The van der Waals surface area contributed by atoms with E-state index in [0.29, 0.717) is 11.6 Å². The summed E-state index contributed by atoms with van der Waals surface area (Å²) in [4.78, 5) is 11.4. The number of esters is 1. The van der Waals surface area contributed by atoms with Gasteiger partial charge in [-0.2, -0.15) is 0 Å². The maximum Gasteiger partial charge on any atom is 0.309 e. The summed E-state index contributed by atoms with van der Waals surface area (Å²) in [7, 11) is 1.40. The number of aryl methyl sites for hydroxylation is 1. The summed E-state index contributed by atoms with van der Waals surface area (Å²) < 4.78 is 4.73.